The Balaban J connectivity index is 0.00000420. The number of hydrogen-bond acceptors (Lipinski definition) is 5. The van der Waals surface area contributed by atoms with E-state index in [2.05, 4.69) is 15.6 Å². The minimum absolute atomic E-state index is 0. The Bertz CT molecular complexity index is 762. The normalized spacial score (nSPS) is 16.7. The first kappa shape index (κ1) is 26.0. The van der Waals surface area contributed by atoms with Gasteiger partial charge in [0.1, 0.15) is 15.6 Å². The summed E-state index contributed by atoms with van der Waals surface area (Å²) < 4.78 is 28.8. The van der Waals surface area contributed by atoms with Crippen molar-refractivity contribution >= 4 is 39.8 Å². The summed E-state index contributed by atoms with van der Waals surface area (Å²) in [5.41, 5.74) is 0.566. The number of aliphatic hydroxyl groups is 1. The lowest BCUT2D eigenvalue weighted by molar-refractivity contribution is 0.180. The maximum atomic E-state index is 11.6. The van der Waals surface area contributed by atoms with Crippen LogP contribution >= 0.6 is 24.0 Å². The largest absolute Gasteiger partial charge is 0.491 e. The average Bonchev–Trinajstić information content (AvgIpc) is 3.35. The molecule has 1 saturated carbocycles. The first-order chi connectivity index (χ1) is 13.1. The van der Waals surface area contributed by atoms with Crippen LogP contribution in [-0.2, 0) is 9.84 Å². The van der Waals surface area contributed by atoms with E-state index in [-0.39, 0.29) is 41.2 Å². The molecule has 7 nitrogen and oxygen atoms in total. The number of sulfone groups is 1. The Morgan fingerprint density at radius 3 is 2.34 bits per heavy atom. The van der Waals surface area contributed by atoms with Crippen molar-refractivity contribution in [2.45, 2.75) is 45.8 Å². The van der Waals surface area contributed by atoms with Crippen LogP contribution in [0.25, 0.3) is 0 Å². The fraction of sp³-hybridized carbons (Fsp3) is 0.650. The second kappa shape index (κ2) is 11.4. The van der Waals surface area contributed by atoms with Crippen LogP contribution in [0.4, 0.5) is 0 Å². The molecule has 0 spiro atoms. The van der Waals surface area contributed by atoms with Crippen molar-refractivity contribution in [3.05, 3.63) is 29.8 Å². The SMILES string of the molecule is CCNC(=NCC1(CS(C)(=O)=O)CC1)NCC(O)c1ccc(OC(C)C)cc1.I. The van der Waals surface area contributed by atoms with Gasteiger partial charge in [0.25, 0.3) is 0 Å². The average molecular weight is 539 g/mol. The number of benzene rings is 1. The summed E-state index contributed by atoms with van der Waals surface area (Å²) in [4.78, 5) is 4.54. The molecule has 1 aromatic rings. The van der Waals surface area contributed by atoms with Crippen LogP contribution in [0.3, 0.4) is 0 Å². The molecule has 2 rings (SSSR count). The maximum absolute atomic E-state index is 11.6. The number of nitrogens with zero attached hydrogens (tertiary/aromatic N) is 1. The zero-order valence-corrected chi connectivity index (χ0v) is 20.8. The Labute approximate surface area is 191 Å². The number of halogens is 1. The molecule has 0 aliphatic heterocycles. The Morgan fingerprint density at radius 2 is 1.86 bits per heavy atom. The molecule has 1 aromatic carbocycles. The Morgan fingerprint density at radius 1 is 1.24 bits per heavy atom. The second-order valence-electron chi connectivity index (χ2n) is 7.90. The van der Waals surface area contributed by atoms with E-state index in [1.54, 1.807) is 0 Å². The van der Waals surface area contributed by atoms with Crippen molar-refractivity contribution in [1.29, 1.82) is 0 Å². The molecule has 0 amide bonds. The summed E-state index contributed by atoms with van der Waals surface area (Å²) in [5, 5.41) is 16.7. The van der Waals surface area contributed by atoms with Gasteiger partial charge in [0, 0.05) is 31.3 Å². The standard InChI is InChI=1S/C20H33N3O4S.HI/c1-5-21-19(23-13-20(10-11-20)14-28(4,25)26)22-12-18(24)16-6-8-17(9-7-16)27-15(2)3;/h6-9,15,18,24H,5,10-14H2,1-4H3,(H2,21,22,23);1H. The molecule has 0 saturated heterocycles. The van der Waals surface area contributed by atoms with Gasteiger partial charge in [-0.3, -0.25) is 4.99 Å². The quantitative estimate of drug-likeness (QED) is 0.240. The molecule has 9 heteroatoms. The molecule has 0 heterocycles. The smallest absolute Gasteiger partial charge is 0.191 e. The third-order valence-corrected chi connectivity index (χ3v) is 5.68. The van der Waals surface area contributed by atoms with E-state index in [0.717, 1.165) is 24.2 Å². The summed E-state index contributed by atoms with van der Waals surface area (Å²) in [7, 11) is -3.01. The van der Waals surface area contributed by atoms with Crippen molar-refractivity contribution in [1.82, 2.24) is 10.6 Å². The molecule has 1 aliphatic carbocycles. The summed E-state index contributed by atoms with van der Waals surface area (Å²) in [6, 6.07) is 7.39. The minimum atomic E-state index is -3.01. The highest BCUT2D eigenvalue weighted by atomic mass is 127. The van der Waals surface area contributed by atoms with Crippen LogP contribution in [0.15, 0.2) is 29.3 Å². The van der Waals surface area contributed by atoms with Crippen LogP contribution in [-0.4, -0.2) is 57.2 Å². The molecule has 1 unspecified atom stereocenters. The molecule has 0 aromatic heterocycles. The monoisotopic (exact) mass is 539 g/mol. The first-order valence-electron chi connectivity index (χ1n) is 9.77. The van der Waals surface area contributed by atoms with Gasteiger partial charge in [-0.15, -0.1) is 24.0 Å². The van der Waals surface area contributed by atoms with Gasteiger partial charge in [-0.1, -0.05) is 12.1 Å². The Kier molecular flexibility index (Phi) is 10.2. The number of guanidine groups is 1. The second-order valence-corrected chi connectivity index (χ2v) is 10.0. The van der Waals surface area contributed by atoms with Crippen LogP contribution in [0.2, 0.25) is 0 Å². The number of hydrogen-bond donors (Lipinski definition) is 3. The van der Waals surface area contributed by atoms with E-state index in [4.69, 9.17) is 4.74 Å². The highest BCUT2D eigenvalue weighted by molar-refractivity contribution is 14.0. The number of rotatable bonds is 10. The third kappa shape index (κ3) is 9.52. The van der Waals surface area contributed by atoms with Crippen LogP contribution < -0.4 is 15.4 Å². The first-order valence-corrected chi connectivity index (χ1v) is 11.8. The zero-order chi connectivity index (χ0) is 20.8. The van der Waals surface area contributed by atoms with Crippen molar-refractivity contribution in [2.24, 2.45) is 10.4 Å². The molecule has 3 N–H and O–H groups in total. The molecule has 166 valence electrons. The molecular weight excluding hydrogens is 505 g/mol. The molecule has 0 radical (unpaired) electrons. The van der Waals surface area contributed by atoms with Crippen LogP contribution in [0, 0.1) is 5.41 Å². The number of ether oxygens (including phenoxy) is 1. The van der Waals surface area contributed by atoms with E-state index in [0.29, 0.717) is 25.6 Å². The van der Waals surface area contributed by atoms with Gasteiger partial charge in [0.2, 0.25) is 0 Å². The molecule has 1 aliphatic rings. The highest BCUT2D eigenvalue weighted by Crippen LogP contribution is 2.46. The van der Waals surface area contributed by atoms with Gasteiger partial charge in [-0.25, -0.2) is 8.42 Å². The summed E-state index contributed by atoms with van der Waals surface area (Å²) >= 11 is 0. The Hall–Kier alpha value is -1.07. The predicted molar refractivity (Wildman–Crippen MR) is 128 cm³/mol. The van der Waals surface area contributed by atoms with Crippen molar-refractivity contribution in [2.75, 3.05) is 31.6 Å². The van der Waals surface area contributed by atoms with Gasteiger partial charge >= 0.3 is 0 Å². The summed E-state index contributed by atoms with van der Waals surface area (Å²) in [6.45, 7) is 7.35. The molecule has 29 heavy (non-hydrogen) atoms. The molecule has 1 atom stereocenters. The van der Waals surface area contributed by atoms with Crippen molar-refractivity contribution in [3.8, 4) is 5.75 Å². The van der Waals surface area contributed by atoms with E-state index in [1.807, 2.05) is 45.0 Å². The van der Waals surface area contributed by atoms with Crippen LogP contribution in [0.1, 0.15) is 45.3 Å². The molecule has 1 fully saturated rings. The predicted octanol–water partition coefficient (Wildman–Crippen LogP) is 2.51. The highest BCUT2D eigenvalue weighted by Gasteiger charge is 2.45. The van der Waals surface area contributed by atoms with Gasteiger partial charge in [-0.05, 0) is 51.3 Å². The number of nitrogens with one attached hydrogen (secondary N) is 2. The van der Waals surface area contributed by atoms with Gasteiger partial charge in [0.15, 0.2) is 5.96 Å². The maximum Gasteiger partial charge on any atom is 0.191 e. The van der Waals surface area contributed by atoms with E-state index >= 15 is 0 Å². The van der Waals surface area contributed by atoms with E-state index in [9.17, 15) is 13.5 Å². The van der Waals surface area contributed by atoms with E-state index in [1.165, 1.54) is 6.26 Å². The van der Waals surface area contributed by atoms with E-state index < -0.39 is 15.9 Å². The minimum Gasteiger partial charge on any atom is -0.491 e. The topological polar surface area (TPSA) is 100 Å². The fourth-order valence-electron chi connectivity index (χ4n) is 3.02. The number of aliphatic imine (C=N–C) groups is 1. The van der Waals surface area contributed by atoms with Gasteiger partial charge in [0.05, 0.1) is 18.0 Å². The summed E-state index contributed by atoms with van der Waals surface area (Å²) in [6.07, 6.45) is 2.46. The number of aliphatic hydroxyl groups excluding tert-OH is 1. The lowest BCUT2D eigenvalue weighted by atomic mass is 10.1. The lowest BCUT2D eigenvalue weighted by Crippen LogP contribution is -2.40. The van der Waals surface area contributed by atoms with Gasteiger partial charge in [-0.2, -0.15) is 0 Å². The van der Waals surface area contributed by atoms with Crippen molar-refractivity contribution in [3.63, 3.8) is 0 Å². The van der Waals surface area contributed by atoms with Crippen molar-refractivity contribution < 1.29 is 18.3 Å². The fourth-order valence-corrected chi connectivity index (χ4v) is 4.51. The lowest BCUT2D eigenvalue weighted by Gasteiger charge is -2.17. The molecular formula is C20H34IN3O4S. The third-order valence-electron chi connectivity index (χ3n) is 4.54. The zero-order valence-electron chi connectivity index (χ0n) is 17.6. The van der Waals surface area contributed by atoms with Crippen LogP contribution in [0.5, 0.6) is 5.75 Å². The summed E-state index contributed by atoms with van der Waals surface area (Å²) in [5.74, 6) is 1.53. The molecule has 0 bridgehead atoms. The van der Waals surface area contributed by atoms with Gasteiger partial charge < -0.3 is 20.5 Å².